The molecular formula is C24H37N5O. The van der Waals surface area contributed by atoms with Gasteiger partial charge in [-0.3, -0.25) is 0 Å². The van der Waals surface area contributed by atoms with Crippen LogP contribution in [-0.2, 0) is 19.6 Å². The Morgan fingerprint density at radius 3 is 2.60 bits per heavy atom. The Morgan fingerprint density at radius 1 is 1.07 bits per heavy atom. The van der Waals surface area contributed by atoms with Gasteiger partial charge in [0.15, 0.2) is 5.82 Å². The number of hydrogen-bond acceptors (Lipinski definition) is 5. The van der Waals surface area contributed by atoms with Gasteiger partial charge in [-0.25, -0.2) is 9.97 Å². The molecule has 0 atom stereocenters. The highest BCUT2D eigenvalue weighted by atomic mass is 16.3. The smallest absolute Gasteiger partial charge is 0.154 e. The maximum absolute atomic E-state index is 9.58. The van der Waals surface area contributed by atoms with Gasteiger partial charge in [-0.1, -0.05) is 31.9 Å². The van der Waals surface area contributed by atoms with Crippen LogP contribution in [0.25, 0.3) is 21.9 Å². The van der Waals surface area contributed by atoms with Gasteiger partial charge < -0.3 is 19.9 Å². The van der Waals surface area contributed by atoms with E-state index in [9.17, 15) is 5.11 Å². The Balaban J connectivity index is 2.06. The number of pyridine rings is 1. The van der Waals surface area contributed by atoms with E-state index in [0.29, 0.717) is 0 Å². The first kappa shape index (κ1) is 22.5. The van der Waals surface area contributed by atoms with E-state index in [4.69, 9.17) is 9.97 Å². The zero-order valence-corrected chi connectivity index (χ0v) is 19.0. The molecule has 164 valence electrons. The number of fused-ring (bicyclic) bond motifs is 3. The van der Waals surface area contributed by atoms with Crippen molar-refractivity contribution in [2.45, 2.75) is 65.5 Å². The predicted molar refractivity (Wildman–Crippen MR) is 126 cm³/mol. The lowest BCUT2D eigenvalue weighted by atomic mass is 10.1. The summed E-state index contributed by atoms with van der Waals surface area (Å²) < 4.78 is 2.43. The van der Waals surface area contributed by atoms with Crippen LogP contribution in [0.2, 0.25) is 0 Å². The number of aryl methyl sites for hydroxylation is 2. The van der Waals surface area contributed by atoms with Crippen molar-refractivity contribution in [3.63, 3.8) is 0 Å². The maximum atomic E-state index is 9.58. The highest BCUT2D eigenvalue weighted by Gasteiger charge is 2.18. The zero-order chi connectivity index (χ0) is 21.5. The summed E-state index contributed by atoms with van der Waals surface area (Å²) in [5, 5.41) is 14.1. The first-order valence-electron chi connectivity index (χ1n) is 11.4. The number of benzene rings is 1. The van der Waals surface area contributed by atoms with Crippen LogP contribution >= 0.6 is 0 Å². The number of aliphatic hydroxyl groups is 1. The van der Waals surface area contributed by atoms with Gasteiger partial charge in [-0.15, -0.1) is 0 Å². The SMILES string of the molecule is CCCCc1nc2c(NCC)nc3cc(CO)ccc3c2n1CCCCCN(C)C. The molecule has 0 spiro atoms. The Morgan fingerprint density at radius 2 is 1.90 bits per heavy atom. The second kappa shape index (κ2) is 10.7. The Kier molecular flexibility index (Phi) is 8.05. The van der Waals surface area contributed by atoms with Crippen molar-refractivity contribution < 1.29 is 5.11 Å². The van der Waals surface area contributed by atoms with Crippen LogP contribution in [0.1, 0.15) is 57.3 Å². The summed E-state index contributed by atoms with van der Waals surface area (Å²) in [6, 6.07) is 6.09. The fourth-order valence-corrected chi connectivity index (χ4v) is 4.01. The van der Waals surface area contributed by atoms with Crippen molar-refractivity contribution in [2.75, 3.05) is 32.5 Å². The van der Waals surface area contributed by atoms with Gasteiger partial charge in [0.05, 0.1) is 17.6 Å². The molecule has 0 saturated carbocycles. The summed E-state index contributed by atoms with van der Waals surface area (Å²) in [5.74, 6) is 2.01. The summed E-state index contributed by atoms with van der Waals surface area (Å²) in [7, 11) is 4.27. The molecule has 3 aromatic rings. The number of rotatable bonds is 12. The fraction of sp³-hybridized carbons (Fsp3) is 0.583. The van der Waals surface area contributed by atoms with Gasteiger partial charge in [0.2, 0.25) is 0 Å². The number of imidazole rings is 1. The van der Waals surface area contributed by atoms with Gasteiger partial charge in [0.1, 0.15) is 11.3 Å². The molecule has 2 aromatic heterocycles. The second-order valence-electron chi connectivity index (χ2n) is 8.34. The lowest BCUT2D eigenvalue weighted by Gasteiger charge is -2.13. The predicted octanol–water partition coefficient (Wildman–Crippen LogP) is 4.58. The molecule has 2 heterocycles. The number of unbranched alkanes of at least 4 members (excludes halogenated alkanes) is 3. The molecule has 0 aliphatic heterocycles. The second-order valence-corrected chi connectivity index (χ2v) is 8.34. The average Bonchev–Trinajstić information content (AvgIpc) is 3.10. The summed E-state index contributed by atoms with van der Waals surface area (Å²) in [6.45, 7) is 7.26. The third kappa shape index (κ3) is 5.10. The van der Waals surface area contributed by atoms with Crippen molar-refractivity contribution in [1.29, 1.82) is 0 Å². The number of nitrogens with one attached hydrogen (secondary N) is 1. The van der Waals surface area contributed by atoms with Crippen LogP contribution < -0.4 is 5.32 Å². The standard InChI is InChI=1S/C24H37N5O/c1-5-7-11-21-27-22-23(29(21)15-10-8-9-14-28(3)4)19-13-12-18(17-30)16-20(19)26-24(22)25-6-2/h12-13,16,30H,5-11,14-15,17H2,1-4H3,(H,25,26). The maximum Gasteiger partial charge on any atom is 0.154 e. The number of nitrogens with zero attached hydrogens (tertiary/aromatic N) is 4. The van der Waals surface area contributed by atoms with Gasteiger partial charge in [-0.2, -0.15) is 0 Å². The molecule has 0 amide bonds. The van der Waals surface area contributed by atoms with Crippen LogP contribution in [0.4, 0.5) is 5.82 Å². The molecular weight excluding hydrogens is 374 g/mol. The van der Waals surface area contributed by atoms with Crippen LogP contribution in [0, 0.1) is 0 Å². The number of hydrogen-bond donors (Lipinski definition) is 2. The molecule has 0 aliphatic rings. The minimum Gasteiger partial charge on any atom is -0.392 e. The zero-order valence-electron chi connectivity index (χ0n) is 19.0. The summed E-state index contributed by atoms with van der Waals surface area (Å²) in [6.07, 6.45) is 6.86. The quantitative estimate of drug-likeness (QED) is 0.427. The number of aromatic nitrogens is 3. The molecule has 2 N–H and O–H groups in total. The lowest BCUT2D eigenvalue weighted by molar-refractivity contribution is 0.282. The van der Waals surface area contributed by atoms with Crippen molar-refractivity contribution in [1.82, 2.24) is 19.4 Å². The summed E-state index contributed by atoms with van der Waals surface area (Å²) >= 11 is 0. The molecule has 0 saturated heterocycles. The van der Waals surface area contributed by atoms with Crippen LogP contribution in [0.15, 0.2) is 18.2 Å². The molecule has 30 heavy (non-hydrogen) atoms. The van der Waals surface area contributed by atoms with Crippen LogP contribution in [0.5, 0.6) is 0 Å². The molecule has 0 bridgehead atoms. The molecule has 1 aromatic carbocycles. The summed E-state index contributed by atoms with van der Waals surface area (Å²) in [5.41, 5.74) is 3.96. The Labute approximate surface area is 180 Å². The molecule has 0 aliphatic carbocycles. The third-order valence-corrected chi connectivity index (χ3v) is 5.59. The van der Waals surface area contributed by atoms with E-state index in [1.54, 1.807) is 0 Å². The van der Waals surface area contributed by atoms with E-state index in [0.717, 1.165) is 73.1 Å². The van der Waals surface area contributed by atoms with Crippen LogP contribution in [0.3, 0.4) is 0 Å². The van der Waals surface area contributed by atoms with E-state index in [1.807, 2.05) is 12.1 Å². The fourth-order valence-electron chi connectivity index (χ4n) is 4.01. The highest BCUT2D eigenvalue weighted by molar-refractivity contribution is 6.07. The van der Waals surface area contributed by atoms with E-state index < -0.39 is 0 Å². The molecule has 6 nitrogen and oxygen atoms in total. The third-order valence-electron chi connectivity index (χ3n) is 5.59. The molecule has 0 radical (unpaired) electrons. The molecule has 0 unspecified atom stereocenters. The Bertz CT molecular complexity index is 963. The number of aliphatic hydroxyl groups excluding tert-OH is 1. The van der Waals surface area contributed by atoms with E-state index in [-0.39, 0.29) is 6.61 Å². The largest absolute Gasteiger partial charge is 0.392 e. The minimum absolute atomic E-state index is 0.0269. The molecule has 0 fully saturated rings. The molecule has 3 rings (SSSR count). The average molecular weight is 412 g/mol. The molecule has 6 heteroatoms. The monoisotopic (exact) mass is 411 g/mol. The van der Waals surface area contributed by atoms with Gasteiger partial charge in [-0.05, 0) is 58.5 Å². The summed E-state index contributed by atoms with van der Waals surface area (Å²) in [4.78, 5) is 12.2. The van der Waals surface area contributed by atoms with Crippen molar-refractivity contribution in [3.05, 3.63) is 29.6 Å². The first-order chi connectivity index (χ1) is 14.6. The van der Waals surface area contributed by atoms with Gasteiger partial charge in [0.25, 0.3) is 0 Å². The lowest BCUT2D eigenvalue weighted by Crippen LogP contribution is -2.13. The van der Waals surface area contributed by atoms with Crippen molar-refractivity contribution >= 4 is 27.8 Å². The van der Waals surface area contributed by atoms with Crippen molar-refractivity contribution in [3.8, 4) is 0 Å². The van der Waals surface area contributed by atoms with Gasteiger partial charge in [0, 0.05) is 24.9 Å². The van der Waals surface area contributed by atoms with Gasteiger partial charge >= 0.3 is 0 Å². The Hall–Kier alpha value is -2.18. The minimum atomic E-state index is 0.0269. The van der Waals surface area contributed by atoms with Crippen LogP contribution in [-0.4, -0.2) is 51.7 Å². The first-order valence-corrected chi connectivity index (χ1v) is 11.4. The van der Waals surface area contributed by atoms with E-state index in [1.165, 1.54) is 24.2 Å². The topological polar surface area (TPSA) is 66.2 Å². The van der Waals surface area contributed by atoms with E-state index >= 15 is 0 Å². The normalized spacial score (nSPS) is 11.8. The number of anilines is 1. The highest BCUT2D eigenvalue weighted by Crippen LogP contribution is 2.31. The van der Waals surface area contributed by atoms with E-state index in [2.05, 4.69) is 48.8 Å². The van der Waals surface area contributed by atoms with Crippen molar-refractivity contribution in [2.24, 2.45) is 0 Å².